The first-order chi connectivity index (χ1) is 11.4. The quantitative estimate of drug-likeness (QED) is 0.321. The maximum atomic E-state index is 12.3. The van der Waals surface area contributed by atoms with Crippen LogP contribution >= 0.6 is 0 Å². The summed E-state index contributed by atoms with van der Waals surface area (Å²) in [4.78, 5) is 14.1. The molecule has 0 radical (unpaired) electrons. The number of anilines is 1. The molecule has 0 saturated heterocycles. The molecule has 0 unspecified atom stereocenters. The summed E-state index contributed by atoms with van der Waals surface area (Å²) in [5.41, 5.74) is 2.75. The van der Waals surface area contributed by atoms with Gasteiger partial charge in [0.1, 0.15) is 5.58 Å². The molecule has 0 spiro atoms. The summed E-state index contributed by atoms with van der Waals surface area (Å²) in [7, 11) is 3.86. The van der Waals surface area contributed by atoms with Crippen LogP contribution in [0.15, 0.2) is 57.7 Å². The monoisotopic (exact) mass is 322 g/mol. The highest BCUT2D eigenvalue weighted by Gasteiger charge is 2.08. The van der Waals surface area contributed by atoms with E-state index >= 15 is 0 Å². The molecule has 0 N–H and O–H groups in total. The van der Waals surface area contributed by atoms with Crippen LogP contribution in [0.2, 0.25) is 0 Å². The molecule has 0 amide bonds. The molecule has 2 aromatic carbocycles. The third-order valence-electron chi connectivity index (χ3n) is 3.77. The van der Waals surface area contributed by atoms with Crippen molar-refractivity contribution in [3.05, 3.63) is 75.3 Å². The van der Waals surface area contributed by atoms with Crippen LogP contribution in [0.1, 0.15) is 11.3 Å². The van der Waals surface area contributed by atoms with Crippen molar-refractivity contribution < 1.29 is 9.16 Å². The molecule has 1 heterocycles. The molecular formula is C19H18N2O3. The molecule has 0 aliphatic rings. The molecule has 3 aromatic rings. The molecule has 5 heteroatoms. The fourth-order valence-corrected chi connectivity index (χ4v) is 2.44. The van der Waals surface area contributed by atoms with Crippen molar-refractivity contribution in [3.8, 4) is 0 Å². The summed E-state index contributed by atoms with van der Waals surface area (Å²) < 4.78 is 6.34. The second-order valence-corrected chi connectivity index (χ2v) is 5.88. The first-order valence-corrected chi connectivity index (χ1v) is 7.57. The number of benzene rings is 2. The van der Waals surface area contributed by atoms with Gasteiger partial charge in [-0.15, -0.1) is 0 Å². The Kier molecular flexibility index (Phi) is 4.08. The predicted molar refractivity (Wildman–Crippen MR) is 96.4 cm³/mol. The Labute approximate surface area is 139 Å². The summed E-state index contributed by atoms with van der Waals surface area (Å²) in [6.45, 7) is 1.91. The van der Waals surface area contributed by atoms with E-state index in [1.807, 2.05) is 44.1 Å². The normalized spacial score (nSPS) is 11.7. The number of hydrogen-bond acceptors (Lipinski definition) is 4. The van der Waals surface area contributed by atoms with Crippen molar-refractivity contribution in [2.75, 3.05) is 19.0 Å². The highest BCUT2D eigenvalue weighted by atomic mass is 16.5. The van der Waals surface area contributed by atoms with Gasteiger partial charge in [0.25, 0.3) is 0 Å². The smallest absolute Gasteiger partial charge is 0.223 e. The summed E-state index contributed by atoms with van der Waals surface area (Å²) in [6.07, 6.45) is 1.27. The first-order valence-electron chi connectivity index (χ1n) is 7.57. The fourth-order valence-electron chi connectivity index (χ4n) is 2.44. The lowest BCUT2D eigenvalue weighted by Crippen LogP contribution is -2.08. The minimum absolute atomic E-state index is 0.164. The number of fused-ring (bicyclic) bond motifs is 1. The summed E-state index contributed by atoms with van der Waals surface area (Å²) in [5.74, 6) is 0.225. The second kappa shape index (κ2) is 6.20. The van der Waals surface area contributed by atoms with Gasteiger partial charge in [-0.3, -0.25) is 4.79 Å². The highest BCUT2D eigenvalue weighted by Crippen LogP contribution is 2.18. The van der Waals surface area contributed by atoms with E-state index in [1.54, 1.807) is 24.3 Å². The van der Waals surface area contributed by atoms with Crippen LogP contribution in [0, 0.1) is 12.1 Å². The molecule has 0 saturated carbocycles. The summed E-state index contributed by atoms with van der Waals surface area (Å²) in [6, 6.07) is 13.9. The van der Waals surface area contributed by atoms with E-state index in [1.165, 1.54) is 12.3 Å². The topological polar surface area (TPSA) is 59.5 Å². The minimum atomic E-state index is -0.164. The van der Waals surface area contributed by atoms with Crippen LogP contribution < -0.4 is 10.3 Å². The Hall–Kier alpha value is -3.08. The van der Waals surface area contributed by atoms with Gasteiger partial charge < -0.3 is 14.5 Å². The van der Waals surface area contributed by atoms with Crippen molar-refractivity contribution in [3.63, 3.8) is 0 Å². The molecule has 0 atom stereocenters. The zero-order chi connectivity index (χ0) is 17.3. The van der Waals surface area contributed by atoms with Gasteiger partial charge in [0.2, 0.25) is 11.9 Å². The van der Waals surface area contributed by atoms with Gasteiger partial charge >= 0.3 is 0 Å². The molecule has 0 aliphatic heterocycles. The predicted octanol–water partition coefficient (Wildman–Crippen LogP) is 3.43. The van der Waals surface area contributed by atoms with Gasteiger partial charge in [-0.25, -0.2) is 0 Å². The van der Waals surface area contributed by atoms with Crippen LogP contribution in [0.4, 0.5) is 11.4 Å². The molecule has 5 nitrogen and oxygen atoms in total. The van der Waals surface area contributed by atoms with Crippen LogP contribution in [-0.4, -0.2) is 25.0 Å². The van der Waals surface area contributed by atoms with E-state index in [0.29, 0.717) is 21.4 Å². The Balaban J connectivity index is 1.99. The van der Waals surface area contributed by atoms with Crippen molar-refractivity contribution in [2.45, 2.75) is 6.92 Å². The van der Waals surface area contributed by atoms with Gasteiger partial charge in [0, 0.05) is 38.0 Å². The minimum Gasteiger partial charge on any atom is -0.618 e. The van der Waals surface area contributed by atoms with Gasteiger partial charge in [0.15, 0.2) is 11.2 Å². The molecule has 3 rings (SSSR count). The lowest BCUT2D eigenvalue weighted by Gasteiger charge is -2.12. The molecule has 24 heavy (non-hydrogen) atoms. The molecule has 0 bridgehead atoms. The van der Waals surface area contributed by atoms with E-state index in [0.717, 1.165) is 11.3 Å². The Morgan fingerprint density at radius 2 is 1.79 bits per heavy atom. The third-order valence-corrected chi connectivity index (χ3v) is 3.77. The van der Waals surface area contributed by atoms with Crippen molar-refractivity contribution >= 4 is 28.6 Å². The standard InChI is InChI=1S/C19H18N2O3/c1-13-4-9-19-17(10-13)18(22)11-16(24-19)12-21(23)15-7-5-14(6-8-15)20(2)3/h4-12H,1-3H3. The average Bonchev–Trinajstić information content (AvgIpc) is 2.55. The number of rotatable bonds is 3. The van der Waals surface area contributed by atoms with Crippen LogP contribution in [-0.2, 0) is 0 Å². The average molecular weight is 322 g/mol. The second-order valence-electron chi connectivity index (χ2n) is 5.88. The van der Waals surface area contributed by atoms with Crippen molar-refractivity contribution in [1.29, 1.82) is 0 Å². The molecular weight excluding hydrogens is 304 g/mol. The maximum Gasteiger partial charge on any atom is 0.223 e. The van der Waals surface area contributed by atoms with E-state index in [2.05, 4.69) is 0 Å². The van der Waals surface area contributed by atoms with E-state index in [-0.39, 0.29) is 11.2 Å². The Morgan fingerprint density at radius 1 is 1.08 bits per heavy atom. The van der Waals surface area contributed by atoms with Crippen molar-refractivity contribution in [2.24, 2.45) is 0 Å². The number of nitrogens with zero attached hydrogens (tertiary/aromatic N) is 2. The zero-order valence-corrected chi connectivity index (χ0v) is 13.8. The zero-order valence-electron chi connectivity index (χ0n) is 13.8. The fraction of sp³-hybridized carbons (Fsp3) is 0.158. The van der Waals surface area contributed by atoms with E-state index < -0.39 is 0 Å². The van der Waals surface area contributed by atoms with E-state index in [4.69, 9.17) is 4.42 Å². The SMILES string of the molecule is Cc1ccc2oc(C=[N+]([O-])c3ccc(N(C)C)cc3)cc(=O)c2c1. The van der Waals surface area contributed by atoms with Crippen LogP contribution in [0.25, 0.3) is 11.0 Å². The lowest BCUT2D eigenvalue weighted by molar-refractivity contribution is -0.354. The van der Waals surface area contributed by atoms with E-state index in [9.17, 15) is 10.0 Å². The summed E-state index contributed by atoms with van der Waals surface area (Å²) in [5, 5.41) is 12.8. The maximum absolute atomic E-state index is 12.3. The molecule has 0 fully saturated rings. The Bertz CT molecular complexity index is 970. The largest absolute Gasteiger partial charge is 0.618 e. The molecule has 0 aliphatic carbocycles. The van der Waals surface area contributed by atoms with Crippen LogP contribution in [0.3, 0.4) is 0 Å². The molecule has 1 aromatic heterocycles. The first kappa shape index (κ1) is 15.8. The summed E-state index contributed by atoms with van der Waals surface area (Å²) >= 11 is 0. The highest BCUT2D eigenvalue weighted by molar-refractivity contribution is 5.81. The number of aryl methyl sites for hydroxylation is 1. The third kappa shape index (κ3) is 3.15. The lowest BCUT2D eigenvalue weighted by atomic mass is 10.1. The van der Waals surface area contributed by atoms with Gasteiger partial charge in [-0.1, -0.05) is 11.6 Å². The van der Waals surface area contributed by atoms with Gasteiger partial charge in [0.05, 0.1) is 5.39 Å². The van der Waals surface area contributed by atoms with Crippen LogP contribution in [0.5, 0.6) is 0 Å². The Morgan fingerprint density at radius 3 is 2.46 bits per heavy atom. The van der Waals surface area contributed by atoms with Gasteiger partial charge in [-0.05, 0) is 31.2 Å². The molecule has 122 valence electrons. The number of hydrogen-bond donors (Lipinski definition) is 0. The van der Waals surface area contributed by atoms with Gasteiger partial charge in [-0.2, -0.15) is 4.74 Å². The van der Waals surface area contributed by atoms with Crippen molar-refractivity contribution in [1.82, 2.24) is 0 Å².